The number of carbonyl (C=O) groups excluding carboxylic acids is 3. The Balaban J connectivity index is 5.52. The number of amides is 3. The molecule has 0 aliphatic carbocycles. The molecule has 0 spiro atoms. The van der Waals surface area contributed by atoms with E-state index in [4.69, 9.17) is 33.8 Å². The second kappa shape index (κ2) is 17.7. The maximum atomic E-state index is 13.1. The summed E-state index contributed by atoms with van der Waals surface area (Å²) in [4.78, 5) is 57.4. The van der Waals surface area contributed by atoms with Crippen molar-refractivity contribution < 1.29 is 29.4 Å². The molecular weight excluding hydrogens is 488 g/mol. The fraction of sp³-hybridized carbons (Fsp3) is 0.714. The Bertz CT molecular complexity index is 814. The zero-order chi connectivity index (χ0) is 28.5. The highest BCUT2D eigenvalue weighted by atomic mass is 16.4. The predicted molar refractivity (Wildman–Crippen MR) is 138 cm³/mol. The number of aliphatic carboxylic acids is 1. The van der Waals surface area contributed by atoms with Crippen LogP contribution in [0.15, 0.2) is 9.98 Å². The smallest absolute Gasteiger partial charge is 0.328 e. The van der Waals surface area contributed by atoms with E-state index in [0.717, 1.165) is 0 Å². The van der Waals surface area contributed by atoms with Crippen LogP contribution in [0.3, 0.4) is 0 Å². The van der Waals surface area contributed by atoms with Crippen molar-refractivity contribution in [1.29, 1.82) is 0 Å². The second-order valence-corrected chi connectivity index (χ2v) is 8.52. The van der Waals surface area contributed by atoms with E-state index >= 15 is 0 Å². The molecule has 37 heavy (non-hydrogen) atoms. The second-order valence-electron chi connectivity index (χ2n) is 8.52. The first kappa shape index (κ1) is 33.3. The normalized spacial score (nSPS) is 14.7. The van der Waals surface area contributed by atoms with Crippen LogP contribution in [0.5, 0.6) is 0 Å². The average Bonchev–Trinajstić information content (AvgIpc) is 2.83. The van der Waals surface area contributed by atoms with Crippen LogP contribution in [-0.2, 0) is 19.2 Å². The van der Waals surface area contributed by atoms with Gasteiger partial charge in [0.25, 0.3) is 0 Å². The molecule has 15 N–H and O–H groups in total. The number of hydrogen-bond donors (Lipinski definition) is 10. The first-order chi connectivity index (χ1) is 17.3. The molecule has 0 aliphatic heterocycles. The lowest BCUT2D eigenvalue weighted by Gasteiger charge is -2.28. The molecule has 0 aromatic rings. The number of rotatable bonds is 18. The molecule has 0 heterocycles. The third kappa shape index (κ3) is 13.9. The Hall–Kier alpha value is -3.66. The van der Waals surface area contributed by atoms with Gasteiger partial charge in [-0.3, -0.25) is 24.4 Å². The van der Waals surface area contributed by atoms with Crippen molar-refractivity contribution in [2.75, 3.05) is 19.7 Å². The number of aliphatic hydroxyl groups excluding tert-OH is 1. The van der Waals surface area contributed by atoms with E-state index in [1.807, 2.05) is 0 Å². The van der Waals surface area contributed by atoms with E-state index in [-0.39, 0.29) is 37.9 Å². The topological polar surface area (TPSA) is 300 Å². The minimum Gasteiger partial charge on any atom is -0.480 e. The first-order valence-corrected chi connectivity index (χ1v) is 11.9. The van der Waals surface area contributed by atoms with Crippen molar-refractivity contribution in [3.05, 3.63) is 0 Å². The molecule has 0 aromatic heterocycles. The van der Waals surface area contributed by atoms with Gasteiger partial charge in [-0.05, 0) is 31.6 Å². The van der Waals surface area contributed by atoms with E-state index in [9.17, 15) is 24.3 Å². The van der Waals surface area contributed by atoms with Crippen molar-refractivity contribution in [3.63, 3.8) is 0 Å². The third-order valence-corrected chi connectivity index (χ3v) is 5.47. The molecular formula is C21H42N10O6. The Kier molecular flexibility index (Phi) is 16.0. The molecule has 0 radical (unpaired) electrons. The lowest BCUT2D eigenvalue weighted by Crippen LogP contribution is -2.59. The van der Waals surface area contributed by atoms with Gasteiger partial charge in [0.1, 0.15) is 18.1 Å². The van der Waals surface area contributed by atoms with Crippen LogP contribution in [0.2, 0.25) is 0 Å². The number of carboxylic acid groups (broad SMARTS) is 1. The van der Waals surface area contributed by atoms with Crippen molar-refractivity contribution in [3.8, 4) is 0 Å². The van der Waals surface area contributed by atoms with Crippen LogP contribution >= 0.6 is 0 Å². The Morgan fingerprint density at radius 2 is 1.32 bits per heavy atom. The molecule has 0 saturated carbocycles. The number of carbonyl (C=O) groups is 4. The number of nitrogens with zero attached hydrogens (tertiary/aromatic N) is 2. The molecule has 16 heteroatoms. The average molecular weight is 531 g/mol. The number of nitrogens with two attached hydrogens (primary N) is 5. The highest BCUT2D eigenvalue weighted by molar-refractivity contribution is 5.94. The number of carboxylic acids is 1. The van der Waals surface area contributed by atoms with Gasteiger partial charge in [0.05, 0.1) is 12.6 Å². The molecule has 0 aliphatic rings. The van der Waals surface area contributed by atoms with Gasteiger partial charge in [0.15, 0.2) is 11.9 Å². The zero-order valence-electron chi connectivity index (χ0n) is 21.4. The van der Waals surface area contributed by atoms with Gasteiger partial charge in [-0.25, -0.2) is 4.79 Å². The minimum atomic E-state index is -1.54. The lowest BCUT2D eigenvalue weighted by atomic mass is 9.97. The molecule has 16 nitrogen and oxygen atoms in total. The Labute approximate surface area is 215 Å². The maximum Gasteiger partial charge on any atom is 0.328 e. The van der Waals surface area contributed by atoms with Gasteiger partial charge in [0, 0.05) is 13.1 Å². The lowest BCUT2D eigenvalue weighted by molar-refractivity contribution is -0.143. The molecule has 0 bridgehead atoms. The van der Waals surface area contributed by atoms with Crippen LogP contribution in [0.1, 0.15) is 46.0 Å². The first-order valence-electron chi connectivity index (χ1n) is 11.9. The van der Waals surface area contributed by atoms with E-state index < -0.39 is 60.4 Å². The summed E-state index contributed by atoms with van der Waals surface area (Å²) in [7, 11) is 0. The summed E-state index contributed by atoms with van der Waals surface area (Å²) >= 11 is 0. The molecule has 3 amide bonds. The summed E-state index contributed by atoms with van der Waals surface area (Å²) in [6.45, 7) is 3.12. The number of hydrogen-bond acceptors (Lipinski definition) is 8. The number of aliphatic hydroxyl groups is 1. The van der Waals surface area contributed by atoms with Crippen molar-refractivity contribution in [1.82, 2.24) is 16.0 Å². The maximum absolute atomic E-state index is 13.1. The van der Waals surface area contributed by atoms with Gasteiger partial charge < -0.3 is 54.8 Å². The van der Waals surface area contributed by atoms with E-state index in [0.29, 0.717) is 19.3 Å². The van der Waals surface area contributed by atoms with Crippen LogP contribution in [-0.4, -0.2) is 89.7 Å². The number of nitrogens with one attached hydrogen (secondary N) is 3. The standard InChI is InChI=1S/C21H42N10O6/c1-3-11(2)15(18(35)30-14(10-32)19(36)37)31-17(34)13(7-5-9-28-21(25)26)29-16(33)12(22)6-4-8-27-20(23)24/h11-15,32H,3-10,22H2,1-2H3,(H,29,33)(H,30,35)(H,31,34)(H,36,37)(H4,23,24,27)(H4,25,26,28). The van der Waals surface area contributed by atoms with Crippen LogP contribution in [0.4, 0.5) is 0 Å². The van der Waals surface area contributed by atoms with Crippen LogP contribution in [0.25, 0.3) is 0 Å². The van der Waals surface area contributed by atoms with E-state index in [2.05, 4.69) is 25.9 Å². The monoisotopic (exact) mass is 530 g/mol. The number of aliphatic imine (C=N–C) groups is 2. The summed E-state index contributed by atoms with van der Waals surface area (Å²) < 4.78 is 0. The zero-order valence-corrected chi connectivity index (χ0v) is 21.4. The van der Waals surface area contributed by atoms with Gasteiger partial charge >= 0.3 is 5.97 Å². The summed E-state index contributed by atoms with van der Waals surface area (Å²) in [5.41, 5.74) is 27.1. The van der Waals surface area contributed by atoms with Crippen molar-refractivity contribution in [2.24, 2.45) is 44.6 Å². The molecule has 0 saturated heterocycles. The third-order valence-electron chi connectivity index (χ3n) is 5.47. The minimum absolute atomic E-state index is 0.0795. The SMILES string of the molecule is CCC(C)C(NC(=O)C(CCCN=C(N)N)NC(=O)C(N)CCCN=C(N)N)C(=O)NC(CO)C(=O)O. The molecule has 0 aromatic carbocycles. The predicted octanol–water partition coefficient (Wildman–Crippen LogP) is -4.00. The summed E-state index contributed by atoms with van der Waals surface area (Å²) in [5, 5.41) is 25.7. The van der Waals surface area contributed by atoms with Crippen LogP contribution < -0.4 is 44.6 Å². The van der Waals surface area contributed by atoms with Crippen LogP contribution in [0, 0.1) is 5.92 Å². The molecule has 212 valence electrons. The van der Waals surface area contributed by atoms with E-state index in [1.165, 1.54) is 0 Å². The molecule has 0 fully saturated rings. The fourth-order valence-electron chi connectivity index (χ4n) is 3.10. The van der Waals surface area contributed by atoms with E-state index in [1.54, 1.807) is 13.8 Å². The van der Waals surface area contributed by atoms with Crippen molar-refractivity contribution in [2.45, 2.75) is 70.1 Å². The fourth-order valence-corrected chi connectivity index (χ4v) is 3.10. The van der Waals surface area contributed by atoms with Crippen molar-refractivity contribution >= 4 is 35.6 Å². The Morgan fingerprint density at radius 1 is 0.811 bits per heavy atom. The Morgan fingerprint density at radius 3 is 1.78 bits per heavy atom. The summed E-state index contributed by atoms with van der Waals surface area (Å²) in [5.74, 6) is -4.09. The van der Waals surface area contributed by atoms with Gasteiger partial charge in [-0.1, -0.05) is 20.3 Å². The molecule has 0 rings (SSSR count). The van der Waals surface area contributed by atoms with Gasteiger partial charge in [-0.2, -0.15) is 0 Å². The highest BCUT2D eigenvalue weighted by Gasteiger charge is 2.32. The largest absolute Gasteiger partial charge is 0.480 e. The molecule has 5 atom stereocenters. The van der Waals surface area contributed by atoms with Gasteiger partial charge in [-0.15, -0.1) is 0 Å². The summed E-state index contributed by atoms with van der Waals surface area (Å²) in [6, 6.07) is -4.70. The summed E-state index contributed by atoms with van der Waals surface area (Å²) in [6.07, 6.45) is 1.60. The highest BCUT2D eigenvalue weighted by Crippen LogP contribution is 2.10. The van der Waals surface area contributed by atoms with Gasteiger partial charge in [0.2, 0.25) is 17.7 Å². The number of guanidine groups is 2. The molecule has 5 unspecified atom stereocenters. The quantitative estimate of drug-likeness (QED) is 0.0462.